The Bertz CT molecular complexity index is 820. The zero-order valence-corrected chi connectivity index (χ0v) is 17.5. The number of methoxy groups -OCH3 is 1. The third kappa shape index (κ3) is 4.90. The highest BCUT2D eigenvalue weighted by Crippen LogP contribution is 2.39. The maximum atomic E-state index is 12.8. The van der Waals surface area contributed by atoms with Crippen LogP contribution in [0, 0.1) is 5.92 Å². The van der Waals surface area contributed by atoms with Crippen molar-refractivity contribution in [3.8, 4) is 11.6 Å². The maximum absolute atomic E-state index is 12.8. The summed E-state index contributed by atoms with van der Waals surface area (Å²) in [7, 11) is 1.57. The molecule has 4 heterocycles. The highest BCUT2D eigenvalue weighted by atomic mass is 16.5. The molecule has 2 fully saturated rings. The summed E-state index contributed by atoms with van der Waals surface area (Å²) in [4.78, 5) is 22.9. The van der Waals surface area contributed by atoms with Crippen LogP contribution in [0.3, 0.4) is 0 Å². The number of rotatable bonds is 6. The van der Waals surface area contributed by atoms with Crippen LogP contribution in [0.25, 0.3) is 0 Å². The van der Waals surface area contributed by atoms with Gasteiger partial charge < -0.3 is 19.1 Å². The molecule has 7 nitrogen and oxygen atoms in total. The third-order valence-electron chi connectivity index (χ3n) is 6.18. The van der Waals surface area contributed by atoms with Gasteiger partial charge in [0.05, 0.1) is 31.1 Å². The predicted octanol–water partition coefficient (Wildman–Crippen LogP) is 3.36. The summed E-state index contributed by atoms with van der Waals surface area (Å²) >= 11 is 0. The summed E-state index contributed by atoms with van der Waals surface area (Å²) in [5.41, 5.74) is 0.494. The molecular weight excluding hydrogens is 382 g/mol. The molecule has 7 heteroatoms. The molecule has 1 spiro atoms. The zero-order chi connectivity index (χ0) is 20.8. The Hall–Kier alpha value is -2.67. The number of likely N-dealkylation sites (tertiary alicyclic amines) is 1. The van der Waals surface area contributed by atoms with E-state index in [-0.39, 0.29) is 11.5 Å². The summed E-state index contributed by atoms with van der Waals surface area (Å²) in [5, 5.41) is 0. The molecule has 2 aliphatic rings. The van der Waals surface area contributed by atoms with Crippen LogP contribution in [-0.2, 0) is 4.74 Å². The van der Waals surface area contributed by atoms with E-state index < -0.39 is 0 Å². The first kappa shape index (κ1) is 20.6. The molecule has 1 amide bonds. The van der Waals surface area contributed by atoms with E-state index in [0.717, 1.165) is 44.5 Å². The topological polar surface area (TPSA) is 73.8 Å². The van der Waals surface area contributed by atoms with Gasteiger partial charge in [0, 0.05) is 38.2 Å². The number of aromatic nitrogens is 2. The fourth-order valence-corrected chi connectivity index (χ4v) is 4.43. The fraction of sp³-hybridized carbons (Fsp3) is 0.522. The Kier molecular flexibility index (Phi) is 6.47. The van der Waals surface area contributed by atoms with Crippen LogP contribution in [0.4, 0.5) is 0 Å². The van der Waals surface area contributed by atoms with E-state index in [4.69, 9.17) is 14.2 Å². The summed E-state index contributed by atoms with van der Waals surface area (Å²) in [6.07, 6.45) is 9.95. The molecule has 1 unspecified atom stereocenters. The number of carbonyl (C=O) groups excluding carboxylic acids is 1. The molecule has 0 aliphatic carbocycles. The Morgan fingerprint density at radius 3 is 2.83 bits per heavy atom. The van der Waals surface area contributed by atoms with Gasteiger partial charge in [-0.1, -0.05) is 0 Å². The molecule has 0 saturated carbocycles. The van der Waals surface area contributed by atoms with E-state index in [9.17, 15) is 4.79 Å². The number of hydrogen-bond acceptors (Lipinski definition) is 6. The highest BCUT2D eigenvalue weighted by Gasteiger charge is 2.41. The van der Waals surface area contributed by atoms with E-state index in [1.165, 1.54) is 0 Å². The van der Waals surface area contributed by atoms with Gasteiger partial charge in [0.25, 0.3) is 5.91 Å². The first-order valence-corrected chi connectivity index (χ1v) is 10.6. The summed E-state index contributed by atoms with van der Waals surface area (Å²) in [6.45, 7) is 2.91. The number of piperidine rings is 1. The Balaban J connectivity index is 1.27. The lowest BCUT2D eigenvalue weighted by molar-refractivity contribution is -0.125. The van der Waals surface area contributed by atoms with Gasteiger partial charge in [0.1, 0.15) is 5.75 Å². The van der Waals surface area contributed by atoms with Crippen LogP contribution >= 0.6 is 0 Å². The van der Waals surface area contributed by atoms with Crippen LogP contribution in [0.1, 0.15) is 42.5 Å². The predicted molar refractivity (Wildman–Crippen MR) is 112 cm³/mol. The lowest BCUT2D eigenvalue weighted by atomic mass is 9.78. The first-order valence-electron chi connectivity index (χ1n) is 10.6. The molecule has 2 aromatic rings. The van der Waals surface area contributed by atoms with Crippen molar-refractivity contribution in [2.24, 2.45) is 5.92 Å². The van der Waals surface area contributed by atoms with Gasteiger partial charge in [0.2, 0.25) is 5.88 Å². The minimum Gasteiger partial charge on any atom is -0.492 e. The smallest absolute Gasteiger partial charge is 0.255 e. The molecule has 0 radical (unpaired) electrons. The monoisotopic (exact) mass is 411 g/mol. The number of pyridine rings is 2. The van der Waals surface area contributed by atoms with E-state index in [1.807, 2.05) is 17.0 Å². The third-order valence-corrected chi connectivity index (χ3v) is 6.18. The van der Waals surface area contributed by atoms with Crippen molar-refractivity contribution in [2.45, 2.75) is 37.7 Å². The average Bonchev–Trinajstić information content (AvgIpc) is 2.80. The minimum atomic E-state index is -0.105. The van der Waals surface area contributed by atoms with E-state index in [0.29, 0.717) is 37.1 Å². The van der Waals surface area contributed by atoms with Gasteiger partial charge in [0.15, 0.2) is 0 Å². The number of amides is 1. The molecular formula is C23H29N3O4. The van der Waals surface area contributed by atoms with E-state index >= 15 is 0 Å². The summed E-state index contributed by atoms with van der Waals surface area (Å²) < 4.78 is 17.1. The second kappa shape index (κ2) is 9.43. The Labute approximate surface area is 177 Å². The number of carbonyl (C=O) groups is 1. The van der Waals surface area contributed by atoms with E-state index in [1.54, 1.807) is 37.8 Å². The van der Waals surface area contributed by atoms with Crippen molar-refractivity contribution in [3.05, 3.63) is 48.4 Å². The van der Waals surface area contributed by atoms with Crippen LogP contribution in [0.2, 0.25) is 0 Å². The minimum absolute atomic E-state index is 0.0252. The number of ether oxygens (including phenoxy) is 3. The zero-order valence-electron chi connectivity index (χ0n) is 17.5. The second-order valence-electron chi connectivity index (χ2n) is 8.10. The van der Waals surface area contributed by atoms with Gasteiger partial charge in [-0.25, -0.2) is 4.98 Å². The molecule has 1 atom stereocenters. The van der Waals surface area contributed by atoms with Crippen molar-refractivity contribution < 1.29 is 19.0 Å². The van der Waals surface area contributed by atoms with Crippen molar-refractivity contribution in [2.75, 3.05) is 33.4 Å². The number of hydrogen-bond donors (Lipinski definition) is 0. The van der Waals surface area contributed by atoms with Gasteiger partial charge in [-0.15, -0.1) is 0 Å². The molecule has 160 valence electrons. The molecule has 0 aromatic carbocycles. The largest absolute Gasteiger partial charge is 0.492 e. The highest BCUT2D eigenvalue weighted by molar-refractivity contribution is 5.94. The molecule has 2 aromatic heterocycles. The van der Waals surface area contributed by atoms with Gasteiger partial charge in [-0.05, 0) is 56.2 Å². The van der Waals surface area contributed by atoms with Crippen molar-refractivity contribution in [1.29, 1.82) is 0 Å². The molecule has 0 N–H and O–H groups in total. The lowest BCUT2D eigenvalue weighted by Crippen LogP contribution is -2.50. The SMILES string of the molecule is COc1ccc(C(=O)N2CCC3(CC2)CC(CCOc2cccnc2)CCO3)cn1. The van der Waals surface area contributed by atoms with Crippen molar-refractivity contribution in [3.63, 3.8) is 0 Å². The maximum Gasteiger partial charge on any atom is 0.255 e. The average molecular weight is 412 g/mol. The lowest BCUT2D eigenvalue weighted by Gasteiger charge is -2.46. The molecule has 30 heavy (non-hydrogen) atoms. The standard InChI is InChI=1S/C23H29N3O4/c1-28-21-5-4-19(16-25-21)22(27)26-11-8-23(9-12-26)15-18(7-14-30-23)6-13-29-20-3-2-10-24-17-20/h2-5,10,16-18H,6-9,11-15H2,1H3. The second-order valence-corrected chi connectivity index (χ2v) is 8.10. The quantitative estimate of drug-likeness (QED) is 0.726. The molecule has 4 rings (SSSR count). The van der Waals surface area contributed by atoms with Crippen molar-refractivity contribution >= 4 is 5.91 Å². The van der Waals surface area contributed by atoms with Crippen LogP contribution in [0.5, 0.6) is 11.6 Å². The molecule has 2 aliphatic heterocycles. The Morgan fingerprint density at radius 1 is 1.27 bits per heavy atom. The summed E-state index contributed by atoms with van der Waals surface area (Å²) in [6, 6.07) is 7.31. The van der Waals surface area contributed by atoms with Gasteiger partial charge in [-0.2, -0.15) is 0 Å². The first-order chi connectivity index (χ1) is 14.7. The van der Waals surface area contributed by atoms with Crippen LogP contribution in [0.15, 0.2) is 42.9 Å². The normalized spacial score (nSPS) is 20.7. The molecule has 0 bridgehead atoms. The van der Waals surface area contributed by atoms with Crippen molar-refractivity contribution in [1.82, 2.24) is 14.9 Å². The van der Waals surface area contributed by atoms with Gasteiger partial charge in [-0.3, -0.25) is 9.78 Å². The fourth-order valence-electron chi connectivity index (χ4n) is 4.43. The number of nitrogens with zero attached hydrogens (tertiary/aromatic N) is 3. The van der Waals surface area contributed by atoms with Crippen LogP contribution < -0.4 is 9.47 Å². The summed E-state index contributed by atoms with van der Waals surface area (Å²) in [5.74, 6) is 1.94. The Morgan fingerprint density at radius 2 is 2.13 bits per heavy atom. The van der Waals surface area contributed by atoms with E-state index in [2.05, 4.69) is 9.97 Å². The van der Waals surface area contributed by atoms with Gasteiger partial charge >= 0.3 is 0 Å². The molecule has 2 saturated heterocycles. The van der Waals surface area contributed by atoms with Crippen LogP contribution in [-0.4, -0.2) is 59.8 Å².